The third-order valence-electron chi connectivity index (χ3n) is 2.53. The molecule has 0 saturated heterocycles. The predicted octanol–water partition coefficient (Wildman–Crippen LogP) is 3.34. The first-order valence-electron chi connectivity index (χ1n) is 4.65. The summed E-state index contributed by atoms with van der Waals surface area (Å²) in [6, 6.07) is 11.7. The summed E-state index contributed by atoms with van der Waals surface area (Å²) >= 11 is 1.69. The lowest BCUT2D eigenvalue weighted by molar-refractivity contribution is 0.479. The molecule has 2 aromatic carbocycles. The Morgan fingerprint density at radius 2 is 1.80 bits per heavy atom. The highest BCUT2D eigenvalue weighted by molar-refractivity contribution is 7.25. The fraction of sp³-hybridized carbons (Fsp3) is 0. The van der Waals surface area contributed by atoms with Crippen LogP contribution in [0.2, 0.25) is 0 Å². The number of benzene rings is 2. The smallest absolute Gasteiger partial charge is 0.139 e. The Morgan fingerprint density at radius 1 is 1.00 bits per heavy atom. The van der Waals surface area contributed by atoms with Crippen molar-refractivity contribution in [2.45, 2.75) is 0 Å². The average Bonchev–Trinajstić information content (AvgIpc) is 2.57. The second-order valence-corrected chi connectivity index (χ2v) is 4.59. The molecule has 0 bridgehead atoms. The first-order chi connectivity index (χ1) is 7.25. The van der Waals surface area contributed by atoms with E-state index in [4.69, 9.17) is 5.73 Å². The standard InChI is InChI=1S/C12H9NOS/c13-9-6-12-8(5-10(9)14)7-3-1-2-4-11(7)15-12/h1-6,14H,13H2. The Hall–Kier alpha value is -1.74. The number of hydrogen-bond acceptors (Lipinski definition) is 3. The zero-order valence-electron chi connectivity index (χ0n) is 7.90. The van der Waals surface area contributed by atoms with Crippen molar-refractivity contribution < 1.29 is 5.11 Å². The summed E-state index contributed by atoms with van der Waals surface area (Å²) in [6.45, 7) is 0. The molecule has 0 aliphatic carbocycles. The van der Waals surface area contributed by atoms with Crippen molar-refractivity contribution in [1.29, 1.82) is 0 Å². The third-order valence-corrected chi connectivity index (χ3v) is 3.66. The topological polar surface area (TPSA) is 46.2 Å². The Bertz CT molecular complexity index is 657. The van der Waals surface area contributed by atoms with Crippen LogP contribution < -0.4 is 5.73 Å². The minimum atomic E-state index is 0.158. The van der Waals surface area contributed by atoms with E-state index >= 15 is 0 Å². The minimum Gasteiger partial charge on any atom is -0.506 e. The molecule has 1 heterocycles. The molecule has 74 valence electrons. The molecular formula is C12H9NOS. The van der Waals surface area contributed by atoms with Gasteiger partial charge in [-0.3, -0.25) is 0 Å². The summed E-state index contributed by atoms with van der Waals surface area (Å²) in [5.74, 6) is 0.158. The van der Waals surface area contributed by atoms with Crippen LogP contribution in [0.25, 0.3) is 20.2 Å². The Kier molecular flexibility index (Phi) is 1.64. The summed E-state index contributed by atoms with van der Waals surface area (Å²) in [5, 5.41) is 11.8. The van der Waals surface area contributed by atoms with Crippen LogP contribution in [0.4, 0.5) is 5.69 Å². The van der Waals surface area contributed by atoms with E-state index in [1.807, 2.05) is 18.2 Å². The number of phenols is 1. The van der Waals surface area contributed by atoms with E-state index in [9.17, 15) is 5.11 Å². The highest BCUT2D eigenvalue weighted by Gasteiger charge is 2.07. The van der Waals surface area contributed by atoms with Crippen molar-refractivity contribution >= 4 is 37.2 Å². The lowest BCUT2D eigenvalue weighted by Crippen LogP contribution is -1.83. The molecule has 3 N–H and O–H groups in total. The van der Waals surface area contributed by atoms with Crippen LogP contribution in [0, 0.1) is 0 Å². The van der Waals surface area contributed by atoms with E-state index in [0.717, 1.165) is 10.1 Å². The SMILES string of the molecule is Nc1cc2sc3ccccc3c2cc1O. The summed E-state index contributed by atoms with van der Waals surface area (Å²) in [4.78, 5) is 0. The Balaban J connectivity index is 2.56. The number of fused-ring (bicyclic) bond motifs is 3. The molecule has 0 aliphatic heterocycles. The summed E-state index contributed by atoms with van der Waals surface area (Å²) in [7, 11) is 0. The van der Waals surface area contributed by atoms with Gasteiger partial charge in [0.05, 0.1) is 5.69 Å². The van der Waals surface area contributed by atoms with Gasteiger partial charge in [-0.15, -0.1) is 11.3 Å². The van der Waals surface area contributed by atoms with Crippen LogP contribution in [0.1, 0.15) is 0 Å². The van der Waals surface area contributed by atoms with Gasteiger partial charge in [0.25, 0.3) is 0 Å². The monoisotopic (exact) mass is 215 g/mol. The van der Waals surface area contributed by atoms with Crippen molar-refractivity contribution in [2.24, 2.45) is 0 Å². The highest BCUT2D eigenvalue weighted by atomic mass is 32.1. The third kappa shape index (κ3) is 1.17. The molecule has 0 fully saturated rings. The molecular weight excluding hydrogens is 206 g/mol. The molecule has 15 heavy (non-hydrogen) atoms. The summed E-state index contributed by atoms with van der Waals surface area (Å²) in [6.07, 6.45) is 0. The number of anilines is 1. The van der Waals surface area contributed by atoms with Crippen molar-refractivity contribution in [3.05, 3.63) is 36.4 Å². The van der Waals surface area contributed by atoms with Crippen molar-refractivity contribution in [2.75, 3.05) is 5.73 Å². The summed E-state index contributed by atoms with van der Waals surface area (Å²) < 4.78 is 2.34. The second kappa shape index (κ2) is 2.87. The van der Waals surface area contributed by atoms with Gasteiger partial charge in [0.2, 0.25) is 0 Å². The van der Waals surface area contributed by atoms with E-state index < -0.39 is 0 Å². The molecule has 0 radical (unpaired) electrons. The van der Waals surface area contributed by atoms with Crippen LogP contribution in [0.3, 0.4) is 0 Å². The van der Waals surface area contributed by atoms with E-state index in [-0.39, 0.29) is 5.75 Å². The first kappa shape index (κ1) is 8.56. The molecule has 3 heteroatoms. The van der Waals surface area contributed by atoms with Crippen LogP contribution in [0.15, 0.2) is 36.4 Å². The number of thiophene rings is 1. The molecule has 0 spiro atoms. The molecule has 0 saturated carbocycles. The molecule has 3 rings (SSSR count). The van der Waals surface area contributed by atoms with Crippen molar-refractivity contribution in [3.63, 3.8) is 0 Å². The number of rotatable bonds is 0. The van der Waals surface area contributed by atoms with E-state index in [2.05, 4.69) is 12.1 Å². The van der Waals surface area contributed by atoms with Crippen molar-refractivity contribution in [3.8, 4) is 5.75 Å². The second-order valence-electron chi connectivity index (χ2n) is 3.51. The molecule has 0 aliphatic rings. The van der Waals surface area contributed by atoms with Gasteiger partial charge in [0.15, 0.2) is 0 Å². The lowest BCUT2D eigenvalue weighted by Gasteiger charge is -1.98. The largest absolute Gasteiger partial charge is 0.506 e. The average molecular weight is 215 g/mol. The van der Waals surface area contributed by atoms with Gasteiger partial charge in [-0.1, -0.05) is 18.2 Å². The zero-order valence-corrected chi connectivity index (χ0v) is 8.71. The van der Waals surface area contributed by atoms with Crippen molar-refractivity contribution in [1.82, 2.24) is 0 Å². The van der Waals surface area contributed by atoms with Gasteiger partial charge in [0, 0.05) is 20.2 Å². The molecule has 2 nitrogen and oxygen atoms in total. The van der Waals surface area contributed by atoms with Crippen LogP contribution in [0.5, 0.6) is 5.75 Å². The minimum absolute atomic E-state index is 0.158. The maximum Gasteiger partial charge on any atom is 0.139 e. The van der Waals surface area contributed by atoms with Gasteiger partial charge < -0.3 is 10.8 Å². The quantitative estimate of drug-likeness (QED) is 0.446. The van der Waals surface area contributed by atoms with Crippen LogP contribution in [-0.4, -0.2) is 5.11 Å². The van der Waals surface area contributed by atoms with Gasteiger partial charge >= 0.3 is 0 Å². The maximum atomic E-state index is 9.57. The van der Waals surface area contributed by atoms with Gasteiger partial charge in [-0.25, -0.2) is 0 Å². The first-order valence-corrected chi connectivity index (χ1v) is 5.47. The van der Waals surface area contributed by atoms with E-state index in [0.29, 0.717) is 5.69 Å². The number of aromatic hydroxyl groups is 1. The molecule has 0 atom stereocenters. The molecule has 3 aromatic rings. The maximum absolute atomic E-state index is 9.57. The Morgan fingerprint density at radius 3 is 2.67 bits per heavy atom. The zero-order chi connectivity index (χ0) is 10.4. The van der Waals surface area contributed by atoms with Gasteiger partial charge in [-0.2, -0.15) is 0 Å². The highest BCUT2D eigenvalue weighted by Crippen LogP contribution is 2.37. The molecule has 1 aromatic heterocycles. The number of nitrogens with two attached hydrogens (primary N) is 1. The number of phenolic OH excluding ortho intramolecular Hbond substituents is 1. The number of hydrogen-bond donors (Lipinski definition) is 2. The van der Waals surface area contributed by atoms with Gasteiger partial charge in [-0.05, 0) is 18.2 Å². The Labute approximate surface area is 90.6 Å². The molecule has 0 amide bonds. The normalized spacial score (nSPS) is 11.2. The fourth-order valence-corrected chi connectivity index (χ4v) is 2.91. The lowest BCUT2D eigenvalue weighted by atomic mass is 10.1. The predicted molar refractivity (Wildman–Crippen MR) is 65.4 cm³/mol. The van der Waals surface area contributed by atoms with E-state index in [1.54, 1.807) is 17.4 Å². The van der Waals surface area contributed by atoms with E-state index in [1.165, 1.54) is 10.1 Å². The fourth-order valence-electron chi connectivity index (χ4n) is 1.78. The van der Waals surface area contributed by atoms with Crippen LogP contribution >= 0.6 is 11.3 Å². The van der Waals surface area contributed by atoms with Crippen LogP contribution in [-0.2, 0) is 0 Å². The molecule has 0 unspecified atom stereocenters. The number of nitrogen functional groups attached to an aromatic ring is 1. The summed E-state index contributed by atoms with van der Waals surface area (Å²) in [5.41, 5.74) is 6.10. The van der Waals surface area contributed by atoms with Gasteiger partial charge in [0.1, 0.15) is 5.75 Å².